The van der Waals surface area contributed by atoms with E-state index in [0.29, 0.717) is 42.0 Å². The molecule has 1 aliphatic heterocycles. The van der Waals surface area contributed by atoms with Gasteiger partial charge < -0.3 is 20.6 Å². The molecular weight excluding hydrogens is 475 g/mol. The first-order chi connectivity index (χ1) is 17.6. The van der Waals surface area contributed by atoms with E-state index >= 15 is 0 Å². The highest BCUT2D eigenvalue weighted by Crippen LogP contribution is 2.26. The Balaban J connectivity index is 1.41. The van der Waals surface area contributed by atoms with Crippen LogP contribution in [0.1, 0.15) is 54.4 Å². The standard InChI is InChI=1S/C28H29FN4O4/c1-16(2)21-11-10-20(15-23(21)29)32-28(37)33-14-4-5-25(33)26(34)31-19-8-6-18(7-9-19)22-12-13-24(27(35)36)30-17(22)3/h6-13,15-16,25H,4-5,14H2,1-3H3,(H,31,34)(H,32,37)(H,35,36). The Morgan fingerprint density at radius 3 is 2.35 bits per heavy atom. The van der Waals surface area contributed by atoms with Crippen molar-refractivity contribution in [2.45, 2.75) is 45.6 Å². The van der Waals surface area contributed by atoms with Crippen molar-refractivity contribution < 1.29 is 23.9 Å². The number of pyridine rings is 1. The highest BCUT2D eigenvalue weighted by molar-refractivity contribution is 5.99. The van der Waals surface area contributed by atoms with E-state index in [1.54, 1.807) is 37.3 Å². The number of aromatic nitrogens is 1. The van der Waals surface area contributed by atoms with Crippen LogP contribution in [0.4, 0.5) is 20.6 Å². The van der Waals surface area contributed by atoms with Crippen LogP contribution in [0.2, 0.25) is 0 Å². The van der Waals surface area contributed by atoms with Gasteiger partial charge >= 0.3 is 12.0 Å². The largest absolute Gasteiger partial charge is 0.477 e. The van der Waals surface area contributed by atoms with Crippen LogP contribution in [0.25, 0.3) is 11.1 Å². The predicted octanol–water partition coefficient (Wildman–Crippen LogP) is 5.65. The number of hydrogen-bond acceptors (Lipinski definition) is 4. The average Bonchev–Trinajstić information content (AvgIpc) is 3.35. The number of benzene rings is 2. The molecular formula is C28H29FN4O4. The molecule has 3 aromatic rings. The van der Waals surface area contributed by atoms with Gasteiger partial charge in [-0.15, -0.1) is 0 Å². The van der Waals surface area contributed by atoms with Crippen molar-refractivity contribution in [3.8, 4) is 11.1 Å². The SMILES string of the molecule is Cc1nc(C(=O)O)ccc1-c1ccc(NC(=O)C2CCCN2C(=O)Nc2ccc(C(C)C)c(F)c2)cc1. The second-order valence-corrected chi connectivity index (χ2v) is 9.37. The fourth-order valence-electron chi connectivity index (χ4n) is 4.49. The molecule has 2 aromatic carbocycles. The van der Waals surface area contributed by atoms with Gasteiger partial charge in [-0.1, -0.05) is 38.1 Å². The zero-order valence-electron chi connectivity index (χ0n) is 20.9. The van der Waals surface area contributed by atoms with Crippen molar-refractivity contribution >= 4 is 29.3 Å². The van der Waals surface area contributed by atoms with Crippen LogP contribution >= 0.6 is 0 Å². The van der Waals surface area contributed by atoms with Crippen LogP contribution in [-0.4, -0.2) is 45.5 Å². The summed E-state index contributed by atoms with van der Waals surface area (Å²) in [5, 5.41) is 14.7. The summed E-state index contributed by atoms with van der Waals surface area (Å²) in [6, 6.07) is 13.8. The summed E-state index contributed by atoms with van der Waals surface area (Å²) in [5.74, 6) is -1.73. The van der Waals surface area contributed by atoms with E-state index in [9.17, 15) is 18.8 Å². The van der Waals surface area contributed by atoms with Crippen LogP contribution in [0.3, 0.4) is 0 Å². The molecule has 4 rings (SSSR count). The lowest BCUT2D eigenvalue weighted by atomic mass is 10.0. The van der Waals surface area contributed by atoms with Gasteiger partial charge in [0.25, 0.3) is 0 Å². The summed E-state index contributed by atoms with van der Waals surface area (Å²) >= 11 is 0. The lowest BCUT2D eigenvalue weighted by Crippen LogP contribution is -2.45. The molecule has 37 heavy (non-hydrogen) atoms. The van der Waals surface area contributed by atoms with Crippen LogP contribution in [0.5, 0.6) is 0 Å². The number of nitrogens with one attached hydrogen (secondary N) is 2. The van der Waals surface area contributed by atoms with Crippen molar-refractivity contribution in [2.24, 2.45) is 0 Å². The third-order valence-electron chi connectivity index (χ3n) is 6.46. The summed E-state index contributed by atoms with van der Waals surface area (Å²) in [4.78, 5) is 42.6. The molecule has 1 aliphatic rings. The zero-order valence-corrected chi connectivity index (χ0v) is 20.9. The smallest absolute Gasteiger partial charge is 0.354 e. The first-order valence-corrected chi connectivity index (χ1v) is 12.1. The second kappa shape index (κ2) is 10.8. The van der Waals surface area contributed by atoms with E-state index in [1.165, 1.54) is 17.0 Å². The quantitative estimate of drug-likeness (QED) is 0.402. The number of likely N-dealkylation sites (tertiary alicyclic amines) is 1. The minimum atomic E-state index is -1.08. The number of halogens is 1. The average molecular weight is 505 g/mol. The van der Waals surface area contributed by atoms with Crippen molar-refractivity contribution in [1.29, 1.82) is 0 Å². The van der Waals surface area contributed by atoms with Crippen LogP contribution in [0.15, 0.2) is 54.6 Å². The molecule has 9 heteroatoms. The van der Waals surface area contributed by atoms with Gasteiger partial charge in [-0.3, -0.25) is 4.79 Å². The van der Waals surface area contributed by atoms with E-state index in [0.717, 1.165) is 11.1 Å². The molecule has 0 spiro atoms. The molecule has 1 fully saturated rings. The molecule has 0 radical (unpaired) electrons. The maximum absolute atomic E-state index is 14.3. The third-order valence-corrected chi connectivity index (χ3v) is 6.46. The van der Waals surface area contributed by atoms with Crippen LogP contribution in [-0.2, 0) is 4.79 Å². The van der Waals surface area contributed by atoms with Gasteiger partial charge in [-0.2, -0.15) is 0 Å². The third kappa shape index (κ3) is 5.77. The molecule has 3 N–H and O–H groups in total. The molecule has 1 saturated heterocycles. The number of carboxylic acids is 1. The number of carboxylic acid groups (broad SMARTS) is 1. The molecule has 1 unspecified atom stereocenters. The molecule has 1 aromatic heterocycles. The highest BCUT2D eigenvalue weighted by Gasteiger charge is 2.34. The topological polar surface area (TPSA) is 112 Å². The number of urea groups is 1. The van der Waals surface area contributed by atoms with Gasteiger partial charge in [0.1, 0.15) is 17.6 Å². The Hall–Kier alpha value is -4.27. The lowest BCUT2D eigenvalue weighted by molar-refractivity contribution is -0.119. The Morgan fingerprint density at radius 2 is 1.73 bits per heavy atom. The fraction of sp³-hybridized carbons (Fsp3) is 0.286. The molecule has 0 bridgehead atoms. The molecule has 0 saturated carbocycles. The molecule has 3 amide bonds. The number of nitrogens with zero attached hydrogens (tertiary/aromatic N) is 2. The molecule has 0 aliphatic carbocycles. The predicted molar refractivity (Wildman–Crippen MR) is 139 cm³/mol. The number of aryl methyl sites for hydroxylation is 1. The monoisotopic (exact) mass is 504 g/mol. The Bertz CT molecular complexity index is 1340. The summed E-state index contributed by atoms with van der Waals surface area (Å²) in [7, 11) is 0. The van der Waals surface area contributed by atoms with Crippen LogP contribution in [0, 0.1) is 12.7 Å². The van der Waals surface area contributed by atoms with Gasteiger partial charge in [-0.25, -0.2) is 19.0 Å². The summed E-state index contributed by atoms with van der Waals surface area (Å²) < 4.78 is 14.3. The number of rotatable bonds is 6. The fourth-order valence-corrected chi connectivity index (χ4v) is 4.49. The van der Waals surface area contributed by atoms with E-state index in [-0.39, 0.29) is 23.3 Å². The molecule has 1 atom stereocenters. The van der Waals surface area contributed by atoms with E-state index in [4.69, 9.17) is 5.11 Å². The minimum Gasteiger partial charge on any atom is -0.477 e. The maximum atomic E-state index is 14.3. The van der Waals surface area contributed by atoms with Crippen LogP contribution < -0.4 is 10.6 Å². The van der Waals surface area contributed by atoms with Gasteiger partial charge in [0.05, 0.1) is 0 Å². The van der Waals surface area contributed by atoms with Crippen molar-refractivity contribution in [3.05, 3.63) is 77.4 Å². The number of amides is 3. The normalized spacial score (nSPS) is 15.1. The number of hydrogen-bond donors (Lipinski definition) is 3. The van der Waals surface area contributed by atoms with Crippen molar-refractivity contribution in [3.63, 3.8) is 0 Å². The Labute approximate surface area is 214 Å². The van der Waals surface area contributed by atoms with Gasteiger partial charge in [0, 0.05) is 29.2 Å². The zero-order chi connectivity index (χ0) is 26.7. The molecule has 2 heterocycles. The maximum Gasteiger partial charge on any atom is 0.354 e. The number of carbonyl (C=O) groups is 3. The van der Waals surface area contributed by atoms with E-state index < -0.39 is 18.0 Å². The van der Waals surface area contributed by atoms with E-state index in [1.807, 2.05) is 26.0 Å². The van der Waals surface area contributed by atoms with Gasteiger partial charge in [0.15, 0.2) is 0 Å². The summed E-state index contributed by atoms with van der Waals surface area (Å²) in [5.41, 5.74) is 3.67. The minimum absolute atomic E-state index is 0.0204. The van der Waals surface area contributed by atoms with E-state index in [2.05, 4.69) is 15.6 Å². The Morgan fingerprint density at radius 1 is 1.03 bits per heavy atom. The summed E-state index contributed by atoms with van der Waals surface area (Å²) in [6.07, 6.45) is 1.21. The highest BCUT2D eigenvalue weighted by atomic mass is 19.1. The second-order valence-electron chi connectivity index (χ2n) is 9.37. The number of carbonyl (C=O) groups excluding carboxylic acids is 2. The van der Waals surface area contributed by atoms with Gasteiger partial charge in [0.2, 0.25) is 5.91 Å². The number of anilines is 2. The van der Waals surface area contributed by atoms with Gasteiger partial charge in [-0.05, 0) is 67.1 Å². The van der Waals surface area contributed by atoms with Crippen molar-refractivity contribution in [2.75, 3.05) is 17.2 Å². The lowest BCUT2D eigenvalue weighted by Gasteiger charge is -2.24. The first-order valence-electron chi connectivity index (χ1n) is 12.1. The summed E-state index contributed by atoms with van der Waals surface area (Å²) in [6.45, 7) is 5.96. The first kappa shape index (κ1) is 25.8. The van der Waals surface area contributed by atoms with Crippen molar-refractivity contribution in [1.82, 2.24) is 9.88 Å². The Kier molecular flexibility index (Phi) is 7.52. The molecule has 192 valence electrons. The number of aromatic carboxylic acids is 1. The molecule has 8 nitrogen and oxygen atoms in total.